The maximum Gasteiger partial charge on any atom is 0.406 e. The number of aliphatic hydroxyl groups excluding tert-OH is 1. The van der Waals surface area contributed by atoms with Crippen molar-refractivity contribution in [2.24, 2.45) is 35.5 Å². The van der Waals surface area contributed by atoms with Crippen molar-refractivity contribution in [1.82, 2.24) is 5.32 Å². The fourth-order valence-corrected chi connectivity index (χ4v) is 10.1. The Kier molecular flexibility index (Phi) is 18.6. The molecule has 9 atom stereocenters. The summed E-state index contributed by atoms with van der Waals surface area (Å²) in [7, 11) is -4.48. The van der Waals surface area contributed by atoms with Crippen LogP contribution in [0.25, 0.3) is 0 Å². The molecule has 0 bridgehead atoms. The second-order valence-electron chi connectivity index (χ2n) is 19.4. The van der Waals surface area contributed by atoms with E-state index in [9.17, 15) is 20.1 Å². The number of carboxylic acid groups (broad SMARTS) is 1. The molecule has 0 aromatic heterocycles. The largest absolute Gasteiger partial charge is 0.465 e. The molecule has 1 aliphatic carbocycles. The molecule has 0 aromatic rings. The minimum atomic E-state index is -2.35. The maximum absolute atomic E-state index is 12.1. The standard InChI is InChI=1S/C43H81NO6Si2/c1-18-19-22-34(6)43(48,44-40(46)47)35(7)39(50-52(16,17)42(11,12)13)33(5)28-30(2)27-32(4)38(49-51(14,15)41(8,9)10)31(3)25-26-37(45)29-36-23-20-21-24-36/h18-19,22,25-27,31-39,44-45,48H,1,20-21,23-24,28-29H2,2-17H3,(H,46,47)/b22-19?,26-25-,30-27-/t31-,32-,33-,34?,35+,37+,38-,39+,43-/m0/s1. The van der Waals surface area contributed by atoms with E-state index in [1.165, 1.54) is 31.3 Å². The predicted molar refractivity (Wildman–Crippen MR) is 226 cm³/mol. The zero-order valence-electron chi connectivity index (χ0n) is 36.2. The molecule has 1 unspecified atom stereocenters. The van der Waals surface area contributed by atoms with Crippen molar-refractivity contribution in [3.63, 3.8) is 0 Å². The summed E-state index contributed by atoms with van der Waals surface area (Å²) in [4.78, 5) is 12.1. The summed E-state index contributed by atoms with van der Waals surface area (Å²) in [6, 6.07) is 0. The van der Waals surface area contributed by atoms with Gasteiger partial charge in [0.15, 0.2) is 22.4 Å². The lowest BCUT2D eigenvalue weighted by atomic mass is 9.77. The van der Waals surface area contributed by atoms with Crippen LogP contribution >= 0.6 is 0 Å². The number of allylic oxidation sites excluding steroid dienone is 3. The van der Waals surface area contributed by atoms with Gasteiger partial charge in [0.1, 0.15) is 0 Å². The molecule has 0 radical (unpaired) electrons. The van der Waals surface area contributed by atoms with Crippen LogP contribution < -0.4 is 5.32 Å². The van der Waals surface area contributed by atoms with Crippen LogP contribution in [0.5, 0.6) is 0 Å². The summed E-state index contributed by atoms with van der Waals surface area (Å²) in [5, 5.41) is 35.3. The van der Waals surface area contributed by atoms with E-state index >= 15 is 0 Å². The van der Waals surface area contributed by atoms with Crippen LogP contribution in [0.1, 0.15) is 122 Å². The molecule has 0 aliphatic heterocycles. The first kappa shape index (κ1) is 48.5. The highest BCUT2D eigenvalue weighted by Gasteiger charge is 2.49. The SMILES string of the molecule is C=CC=CC(C)[C@@](O)(NC(=O)O)[C@H](C)[C@H](O[Si](C)(C)C(C)(C)C)[C@@H](C)C/C(C)=C\[C@H](C)[C@@H](O[Si](C)(C)C(C)(C)C)[C@@H](C)/C=C\[C@@H](O)CC1CCCC1. The van der Waals surface area contributed by atoms with Crippen LogP contribution in [0.3, 0.4) is 0 Å². The van der Waals surface area contributed by atoms with Crippen molar-refractivity contribution in [2.75, 3.05) is 0 Å². The van der Waals surface area contributed by atoms with E-state index in [4.69, 9.17) is 8.85 Å². The highest BCUT2D eigenvalue weighted by Crippen LogP contribution is 2.43. The zero-order chi connectivity index (χ0) is 40.5. The first-order valence-corrected chi connectivity index (χ1v) is 25.8. The van der Waals surface area contributed by atoms with Crippen LogP contribution in [0.4, 0.5) is 4.79 Å². The van der Waals surface area contributed by atoms with E-state index in [0.29, 0.717) is 12.3 Å². The van der Waals surface area contributed by atoms with Crippen molar-refractivity contribution >= 4 is 22.7 Å². The first-order valence-electron chi connectivity index (χ1n) is 20.0. The second kappa shape index (κ2) is 19.9. The summed E-state index contributed by atoms with van der Waals surface area (Å²) in [5.41, 5.74) is -0.573. The molecular weight excluding hydrogens is 683 g/mol. The third kappa shape index (κ3) is 14.3. The fraction of sp³-hybridized carbons (Fsp3) is 0.791. The predicted octanol–water partition coefficient (Wildman–Crippen LogP) is 11.5. The van der Waals surface area contributed by atoms with Crippen molar-refractivity contribution < 1.29 is 29.0 Å². The Morgan fingerprint density at radius 1 is 0.865 bits per heavy atom. The van der Waals surface area contributed by atoms with E-state index in [1.807, 2.05) is 19.9 Å². The van der Waals surface area contributed by atoms with Crippen LogP contribution in [-0.2, 0) is 8.85 Å². The number of aliphatic hydroxyl groups is 2. The first-order chi connectivity index (χ1) is 23.6. The Bertz CT molecular complexity index is 1210. The van der Waals surface area contributed by atoms with Crippen molar-refractivity contribution in [3.8, 4) is 0 Å². The maximum atomic E-state index is 12.1. The van der Waals surface area contributed by atoms with E-state index in [-0.39, 0.29) is 33.9 Å². The number of rotatable bonds is 20. The minimum absolute atomic E-state index is 0.0342. The van der Waals surface area contributed by atoms with Crippen LogP contribution in [-0.4, -0.2) is 62.1 Å². The second-order valence-corrected chi connectivity index (χ2v) is 28.9. The van der Waals surface area contributed by atoms with Crippen molar-refractivity contribution in [2.45, 2.75) is 182 Å². The molecule has 9 heteroatoms. The summed E-state index contributed by atoms with van der Waals surface area (Å²) < 4.78 is 14.3. The topological polar surface area (TPSA) is 108 Å². The summed E-state index contributed by atoms with van der Waals surface area (Å²) in [6.07, 6.45) is 16.0. The van der Waals surface area contributed by atoms with E-state index in [0.717, 1.165) is 6.42 Å². The molecule has 1 rings (SSSR count). The summed E-state index contributed by atoms with van der Waals surface area (Å²) in [6.45, 7) is 38.7. The molecule has 1 amide bonds. The Labute approximate surface area is 322 Å². The van der Waals surface area contributed by atoms with Gasteiger partial charge in [-0.15, -0.1) is 0 Å². The van der Waals surface area contributed by atoms with Gasteiger partial charge < -0.3 is 24.2 Å². The van der Waals surface area contributed by atoms with Crippen LogP contribution in [0, 0.1) is 35.5 Å². The highest BCUT2D eigenvalue weighted by atomic mass is 28.4. The number of carbonyl (C=O) groups is 1. The molecule has 0 saturated heterocycles. The normalized spacial score (nSPS) is 21.7. The van der Waals surface area contributed by atoms with E-state index in [2.05, 4.69) is 119 Å². The van der Waals surface area contributed by atoms with Gasteiger partial charge in [-0.25, -0.2) is 4.79 Å². The Balaban J connectivity index is 3.54. The molecule has 1 aliphatic rings. The third-order valence-corrected chi connectivity index (χ3v) is 21.6. The van der Waals surface area contributed by atoms with Crippen molar-refractivity contribution in [3.05, 3.63) is 48.6 Å². The molecule has 1 fully saturated rings. The molecule has 0 aromatic carbocycles. The molecule has 302 valence electrons. The highest BCUT2D eigenvalue weighted by molar-refractivity contribution is 6.74. The average molecular weight is 764 g/mol. The van der Waals surface area contributed by atoms with Gasteiger partial charge >= 0.3 is 6.09 Å². The Hall–Kier alpha value is -1.50. The summed E-state index contributed by atoms with van der Waals surface area (Å²) in [5.74, 6) is -0.326. The molecule has 0 spiro atoms. The number of hydrogen-bond acceptors (Lipinski definition) is 5. The number of nitrogens with one attached hydrogen (secondary N) is 1. The lowest BCUT2D eigenvalue weighted by Crippen LogP contribution is -2.62. The minimum Gasteiger partial charge on any atom is -0.465 e. The van der Waals surface area contributed by atoms with Gasteiger partial charge in [-0.2, -0.15) is 0 Å². The van der Waals surface area contributed by atoms with E-state index < -0.39 is 52.5 Å². The number of hydrogen-bond donors (Lipinski definition) is 4. The molecule has 52 heavy (non-hydrogen) atoms. The van der Waals surface area contributed by atoms with Gasteiger partial charge in [-0.05, 0) is 79.7 Å². The van der Waals surface area contributed by atoms with Crippen LogP contribution in [0.15, 0.2) is 48.6 Å². The van der Waals surface area contributed by atoms with Gasteiger partial charge in [0.25, 0.3) is 0 Å². The zero-order valence-corrected chi connectivity index (χ0v) is 38.2. The Morgan fingerprint density at radius 3 is 1.83 bits per heavy atom. The lowest BCUT2D eigenvalue weighted by molar-refractivity contribution is -0.112. The smallest absolute Gasteiger partial charge is 0.406 e. The van der Waals surface area contributed by atoms with E-state index in [1.54, 1.807) is 18.2 Å². The number of amides is 1. The van der Waals surface area contributed by atoms with Gasteiger partial charge in [-0.1, -0.05) is 150 Å². The molecule has 1 saturated carbocycles. The van der Waals surface area contributed by atoms with Gasteiger partial charge in [0, 0.05) is 11.8 Å². The molecular formula is C43H81NO6Si2. The lowest BCUT2D eigenvalue weighted by Gasteiger charge is -2.48. The average Bonchev–Trinajstić information content (AvgIpc) is 3.50. The van der Waals surface area contributed by atoms with Gasteiger partial charge in [-0.3, -0.25) is 5.32 Å². The van der Waals surface area contributed by atoms with Gasteiger partial charge in [0.2, 0.25) is 0 Å². The molecule has 4 N–H and O–H groups in total. The van der Waals surface area contributed by atoms with Gasteiger partial charge in [0.05, 0.1) is 18.3 Å². The monoisotopic (exact) mass is 764 g/mol. The third-order valence-electron chi connectivity index (χ3n) is 12.7. The quantitative estimate of drug-likeness (QED) is 0.0426. The Morgan fingerprint density at radius 2 is 1.37 bits per heavy atom. The van der Waals surface area contributed by atoms with Crippen molar-refractivity contribution in [1.29, 1.82) is 0 Å². The summed E-state index contributed by atoms with van der Waals surface area (Å²) >= 11 is 0. The molecule has 0 heterocycles. The fourth-order valence-electron chi connectivity index (χ4n) is 7.21. The molecule has 7 nitrogen and oxygen atoms in total. The van der Waals surface area contributed by atoms with Crippen LogP contribution in [0.2, 0.25) is 36.3 Å².